The van der Waals surface area contributed by atoms with Gasteiger partial charge in [-0.3, -0.25) is 0 Å². The van der Waals surface area contributed by atoms with E-state index in [9.17, 15) is 0 Å². The molecule has 0 aliphatic carbocycles. The largest absolute Gasteiger partial charge is 0.494 e. The van der Waals surface area contributed by atoms with Crippen molar-refractivity contribution in [1.29, 1.82) is 5.26 Å². The monoisotopic (exact) mass is 251 g/mol. The van der Waals surface area contributed by atoms with E-state index in [2.05, 4.69) is 6.07 Å². The van der Waals surface area contributed by atoms with E-state index in [4.69, 9.17) is 21.6 Å². The van der Waals surface area contributed by atoms with Gasteiger partial charge in [-0.1, -0.05) is 25.0 Å². The first kappa shape index (κ1) is 13.9. The maximum absolute atomic E-state index is 8.54. The number of unbranched alkanes of at least 4 members (excludes halogenated alkanes) is 3. The van der Waals surface area contributed by atoms with Crippen molar-refractivity contribution in [3.05, 3.63) is 29.8 Å². The Morgan fingerprint density at radius 3 is 2.41 bits per heavy atom. The predicted octanol–water partition coefficient (Wildman–Crippen LogP) is 3.93. The second kappa shape index (κ2) is 8.90. The summed E-state index contributed by atoms with van der Waals surface area (Å²) in [5.74, 6) is 1.63. The average molecular weight is 252 g/mol. The second-order valence-corrected chi connectivity index (χ2v) is 4.31. The highest BCUT2D eigenvalue weighted by molar-refractivity contribution is 6.17. The van der Waals surface area contributed by atoms with Crippen LogP contribution in [-0.4, -0.2) is 12.5 Å². The van der Waals surface area contributed by atoms with E-state index in [1.54, 1.807) is 0 Å². The van der Waals surface area contributed by atoms with Gasteiger partial charge in [-0.15, -0.1) is 11.6 Å². The summed E-state index contributed by atoms with van der Waals surface area (Å²) in [7, 11) is 0. The molecule has 0 heterocycles. The highest BCUT2D eigenvalue weighted by atomic mass is 35.5. The van der Waals surface area contributed by atoms with E-state index in [1.165, 1.54) is 12.8 Å². The molecule has 3 heteroatoms. The maximum atomic E-state index is 8.54. The lowest BCUT2D eigenvalue weighted by atomic mass is 10.2. The number of ether oxygens (including phenoxy) is 1. The van der Waals surface area contributed by atoms with Crippen molar-refractivity contribution in [2.75, 3.05) is 12.5 Å². The minimum atomic E-state index is 0.457. The first-order chi connectivity index (χ1) is 8.36. The number of rotatable bonds is 8. The third kappa shape index (κ3) is 6.19. The summed E-state index contributed by atoms with van der Waals surface area (Å²) in [6.45, 7) is 0.750. The van der Waals surface area contributed by atoms with Gasteiger partial charge < -0.3 is 4.74 Å². The molecule has 0 atom stereocenters. The van der Waals surface area contributed by atoms with Gasteiger partial charge in [0.2, 0.25) is 0 Å². The summed E-state index contributed by atoms with van der Waals surface area (Å²) in [5, 5.41) is 8.54. The number of halogens is 1. The van der Waals surface area contributed by atoms with E-state index in [1.807, 2.05) is 24.3 Å². The van der Waals surface area contributed by atoms with E-state index < -0.39 is 0 Å². The minimum Gasteiger partial charge on any atom is -0.494 e. The Labute approximate surface area is 108 Å². The van der Waals surface area contributed by atoms with E-state index in [0.717, 1.165) is 36.6 Å². The van der Waals surface area contributed by atoms with Gasteiger partial charge in [-0.2, -0.15) is 5.26 Å². The normalized spacial score (nSPS) is 9.88. The van der Waals surface area contributed by atoms with Gasteiger partial charge in [0.1, 0.15) is 5.75 Å². The van der Waals surface area contributed by atoms with Gasteiger partial charge >= 0.3 is 0 Å². The number of benzene rings is 1. The van der Waals surface area contributed by atoms with Crippen LogP contribution in [-0.2, 0) is 6.42 Å². The molecule has 0 saturated carbocycles. The minimum absolute atomic E-state index is 0.457. The van der Waals surface area contributed by atoms with Crippen molar-refractivity contribution in [2.24, 2.45) is 0 Å². The highest BCUT2D eigenvalue weighted by Gasteiger charge is 1.95. The summed E-state index contributed by atoms with van der Waals surface area (Å²) < 4.78 is 5.60. The Kier molecular flexibility index (Phi) is 7.25. The van der Waals surface area contributed by atoms with Crippen molar-refractivity contribution < 1.29 is 4.74 Å². The summed E-state index contributed by atoms with van der Waals surface area (Å²) >= 11 is 5.60. The molecule has 0 fully saturated rings. The zero-order valence-electron chi connectivity index (χ0n) is 9.99. The molecule has 0 radical (unpaired) electrons. The molecule has 0 aromatic heterocycles. The number of nitriles is 1. The Bertz CT molecular complexity index is 342. The number of nitrogens with zero attached hydrogens (tertiary/aromatic N) is 1. The van der Waals surface area contributed by atoms with Crippen LogP contribution in [0, 0.1) is 11.3 Å². The molecule has 0 saturated heterocycles. The molecule has 2 nitrogen and oxygen atoms in total. The van der Waals surface area contributed by atoms with Crippen LogP contribution < -0.4 is 4.74 Å². The lowest BCUT2D eigenvalue weighted by Crippen LogP contribution is -1.97. The number of hydrogen-bond acceptors (Lipinski definition) is 2. The molecule has 1 aromatic rings. The van der Waals surface area contributed by atoms with Crippen molar-refractivity contribution >= 4 is 11.6 Å². The highest BCUT2D eigenvalue weighted by Crippen LogP contribution is 2.13. The quantitative estimate of drug-likeness (QED) is 0.518. The molecule has 92 valence electrons. The first-order valence-corrected chi connectivity index (χ1v) is 6.55. The number of hydrogen-bond donors (Lipinski definition) is 0. The van der Waals surface area contributed by atoms with Gasteiger partial charge in [-0.05, 0) is 30.5 Å². The molecule has 17 heavy (non-hydrogen) atoms. The van der Waals surface area contributed by atoms with Gasteiger partial charge in [0.15, 0.2) is 0 Å². The Morgan fingerprint density at radius 1 is 1.06 bits per heavy atom. The molecule has 1 aromatic carbocycles. The zero-order chi connectivity index (χ0) is 12.3. The standard InChI is InChI=1S/C14H18ClNO/c15-10-3-1-2-4-12-17-14-7-5-13(6-8-14)9-11-16/h5-8H,1-4,9-10,12H2. The van der Waals surface area contributed by atoms with Crippen LogP contribution in [0.25, 0.3) is 0 Å². The second-order valence-electron chi connectivity index (χ2n) is 3.93. The van der Waals surface area contributed by atoms with Crippen LogP contribution in [0.1, 0.15) is 31.2 Å². The van der Waals surface area contributed by atoms with Gasteiger partial charge in [-0.25, -0.2) is 0 Å². The Balaban J connectivity index is 2.17. The van der Waals surface area contributed by atoms with Crippen LogP contribution >= 0.6 is 11.6 Å². The van der Waals surface area contributed by atoms with E-state index in [-0.39, 0.29) is 0 Å². The summed E-state index contributed by atoms with van der Waals surface area (Å²) in [6, 6.07) is 9.84. The maximum Gasteiger partial charge on any atom is 0.119 e. The lowest BCUT2D eigenvalue weighted by molar-refractivity contribution is 0.305. The molecule has 1 rings (SSSR count). The van der Waals surface area contributed by atoms with Gasteiger partial charge in [0.05, 0.1) is 19.1 Å². The molecule has 0 bridgehead atoms. The van der Waals surface area contributed by atoms with E-state index >= 15 is 0 Å². The van der Waals surface area contributed by atoms with Crippen LogP contribution in [0.2, 0.25) is 0 Å². The lowest BCUT2D eigenvalue weighted by Gasteiger charge is -2.06. The molecule has 0 spiro atoms. The third-order valence-corrected chi connectivity index (χ3v) is 2.77. The van der Waals surface area contributed by atoms with Gasteiger partial charge in [0.25, 0.3) is 0 Å². The zero-order valence-corrected chi connectivity index (χ0v) is 10.7. The summed E-state index contributed by atoms with van der Waals surface area (Å²) in [4.78, 5) is 0. The Hall–Kier alpha value is -1.20. The van der Waals surface area contributed by atoms with Crippen molar-refractivity contribution in [3.8, 4) is 11.8 Å². The molecule has 0 aliphatic heterocycles. The fourth-order valence-electron chi connectivity index (χ4n) is 1.53. The molecule has 0 aliphatic rings. The molecule has 0 N–H and O–H groups in total. The SMILES string of the molecule is N#CCc1ccc(OCCCCCCCl)cc1. The smallest absolute Gasteiger partial charge is 0.119 e. The number of alkyl halides is 1. The average Bonchev–Trinajstić information content (AvgIpc) is 2.36. The first-order valence-electron chi connectivity index (χ1n) is 6.01. The van der Waals surface area contributed by atoms with Crippen molar-refractivity contribution in [3.63, 3.8) is 0 Å². The van der Waals surface area contributed by atoms with Gasteiger partial charge in [0, 0.05) is 5.88 Å². The topological polar surface area (TPSA) is 33.0 Å². The molecule has 0 amide bonds. The summed E-state index contributed by atoms with van der Waals surface area (Å²) in [5.41, 5.74) is 1.03. The van der Waals surface area contributed by atoms with Crippen LogP contribution in [0.15, 0.2) is 24.3 Å². The third-order valence-electron chi connectivity index (χ3n) is 2.50. The van der Waals surface area contributed by atoms with Crippen LogP contribution in [0.4, 0.5) is 0 Å². The van der Waals surface area contributed by atoms with Crippen LogP contribution in [0.3, 0.4) is 0 Å². The predicted molar refractivity (Wildman–Crippen MR) is 70.4 cm³/mol. The Morgan fingerprint density at radius 2 is 1.76 bits per heavy atom. The fourth-order valence-corrected chi connectivity index (χ4v) is 1.72. The fraction of sp³-hybridized carbons (Fsp3) is 0.500. The van der Waals surface area contributed by atoms with Crippen molar-refractivity contribution in [2.45, 2.75) is 32.1 Å². The molecular weight excluding hydrogens is 234 g/mol. The van der Waals surface area contributed by atoms with E-state index in [0.29, 0.717) is 6.42 Å². The van der Waals surface area contributed by atoms with Crippen LogP contribution in [0.5, 0.6) is 5.75 Å². The van der Waals surface area contributed by atoms with Crippen molar-refractivity contribution in [1.82, 2.24) is 0 Å². The molecule has 0 unspecified atom stereocenters. The molecular formula is C14H18ClNO. The summed E-state index contributed by atoms with van der Waals surface area (Å²) in [6.07, 6.45) is 4.95.